The van der Waals surface area contributed by atoms with Crippen molar-refractivity contribution >= 4 is 23.1 Å². The summed E-state index contributed by atoms with van der Waals surface area (Å²) in [6, 6.07) is 7.01. The van der Waals surface area contributed by atoms with Crippen LogP contribution in [-0.2, 0) is 13.8 Å². The van der Waals surface area contributed by atoms with Crippen LogP contribution in [0.2, 0.25) is 0 Å². The maximum atomic E-state index is 9.99. The number of aromatic nitrogens is 6. The van der Waals surface area contributed by atoms with Gasteiger partial charge in [0.15, 0.2) is 0 Å². The average molecular weight is 561 g/mol. The van der Waals surface area contributed by atoms with Crippen LogP contribution in [0.25, 0.3) is 34.2 Å². The fourth-order valence-electron chi connectivity index (χ4n) is 5.77. The van der Waals surface area contributed by atoms with Crippen LogP contribution in [0.5, 0.6) is 11.8 Å². The Kier molecular flexibility index (Phi) is 7.58. The van der Waals surface area contributed by atoms with Crippen molar-refractivity contribution in [1.29, 1.82) is 0 Å². The molecule has 0 unspecified atom stereocenters. The maximum absolute atomic E-state index is 9.99. The van der Waals surface area contributed by atoms with Crippen LogP contribution in [-0.4, -0.2) is 97.7 Å². The van der Waals surface area contributed by atoms with Gasteiger partial charge in [-0.1, -0.05) is 6.07 Å². The number of rotatable bonds is 6. The molecule has 218 valence electrons. The minimum atomic E-state index is -0.206. The summed E-state index contributed by atoms with van der Waals surface area (Å²) < 4.78 is 18.0. The minimum Gasteiger partial charge on any atom is -0.477 e. The van der Waals surface area contributed by atoms with Crippen LogP contribution in [0.4, 0.5) is 0 Å². The zero-order valence-electron chi connectivity index (χ0n) is 24.6. The van der Waals surface area contributed by atoms with Crippen molar-refractivity contribution in [3.8, 4) is 22.9 Å². The van der Waals surface area contributed by atoms with Gasteiger partial charge in [0.05, 0.1) is 47.8 Å². The van der Waals surface area contributed by atoms with Gasteiger partial charge >= 0.3 is 0 Å². The maximum Gasteiger partial charge on any atom is 0.240 e. The molecule has 0 radical (unpaired) electrons. The summed E-state index contributed by atoms with van der Waals surface area (Å²) >= 11 is 0. The molecule has 2 aliphatic rings. The summed E-state index contributed by atoms with van der Waals surface area (Å²) in [4.78, 5) is 4.69. The largest absolute Gasteiger partial charge is 0.477 e. The first-order chi connectivity index (χ1) is 19.8. The van der Waals surface area contributed by atoms with Crippen molar-refractivity contribution in [2.45, 2.75) is 45.0 Å². The standard InChI is InChI=1S/C30H40N8O3/c1-20-24-8-9-27-25-15-21(7-10-28(25)37(19-39)32-27)26-18-31-36(5)30(26)41-14-6-13-40-29(24)33-38(20)23-16-22(17-23)35(4)12-11-34(2)3/h7-10,15,18,22-23,39H,6,11-14,16-17,19H2,1-5H3. The van der Waals surface area contributed by atoms with Crippen molar-refractivity contribution in [2.75, 3.05) is 47.4 Å². The smallest absolute Gasteiger partial charge is 0.240 e. The Bertz CT molecular complexity index is 1560. The molecular weight excluding hydrogens is 520 g/mol. The first kappa shape index (κ1) is 27.5. The van der Waals surface area contributed by atoms with E-state index in [-0.39, 0.29) is 6.73 Å². The lowest BCUT2D eigenvalue weighted by Gasteiger charge is -2.42. The number of likely N-dealkylation sites (N-methyl/N-ethyl adjacent to an activating group) is 2. The molecule has 1 aliphatic heterocycles. The monoisotopic (exact) mass is 560 g/mol. The van der Waals surface area contributed by atoms with E-state index in [0.29, 0.717) is 43.5 Å². The normalized spacial score (nSPS) is 19.0. The third-order valence-electron chi connectivity index (χ3n) is 8.40. The summed E-state index contributed by atoms with van der Waals surface area (Å²) in [6.07, 6.45) is 8.73. The summed E-state index contributed by atoms with van der Waals surface area (Å²) in [7, 11) is 8.33. The quantitative estimate of drug-likeness (QED) is 0.383. The van der Waals surface area contributed by atoms with Crippen LogP contribution in [0.1, 0.15) is 42.3 Å². The summed E-state index contributed by atoms with van der Waals surface area (Å²) in [6.45, 7) is 5.01. The van der Waals surface area contributed by atoms with E-state index in [1.165, 1.54) is 0 Å². The highest BCUT2D eigenvalue weighted by Gasteiger charge is 2.35. The molecule has 0 atom stereocenters. The van der Waals surface area contributed by atoms with Gasteiger partial charge in [0.2, 0.25) is 11.8 Å². The predicted molar refractivity (Wildman–Crippen MR) is 159 cm³/mol. The number of aryl methyl sites for hydroxylation is 1. The molecule has 0 spiro atoms. The van der Waals surface area contributed by atoms with Crippen LogP contribution >= 0.6 is 0 Å². The lowest BCUT2D eigenvalue weighted by molar-refractivity contribution is 0.0917. The van der Waals surface area contributed by atoms with Crippen LogP contribution in [0.3, 0.4) is 0 Å². The molecule has 3 aromatic heterocycles. The van der Waals surface area contributed by atoms with Crippen LogP contribution in [0, 0.1) is 6.92 Å². The number of hydrogen-bond donors (Lipinski definition) is 1. The molecule has 1 N–H and O–H groups in total. The molecule has 0 saturated heterocycles. The van der Waals surface area contributed by atoms with Crippen molar-refractivity contribution in [2.24, 2.45) is 7.05 Å². The Morgan fingerprint density at radius 1 is 1.05 bits per heavy atom. The van der Waals surface area contributed by atoms with E-state index >= 15 is 0 Å². The molecule has 1 aliphatic carbocycles. The lowest BCUT2D eigenvalue weighted by Crippen LogP contribution is -2.45. The topological polar surface area (TPSA) is 98.6 Å². The number of nitrogens with zero attached hydrogens (tertiary/aromatic N) is 8. The zero-order chi connectivity index (χ0) is 28.7. The highest BCUT2D eigenvalue weighted by molar-refractivity contribution is 5.93. The van der Waals surface area contributed by atoms with E-state index in [0.717, 1.165) is 64.9 Å². The second kappa shape index (κ2) is 11.3. The molecule has 4 heterocycles. The fraction of sp³-hybridized carbons (Fsp3) is 0.500. The van der Waals surface area contributed by atoms with Crippen molar-refractivity contribution in [3.63, 3.8) is 0 Å². The number of aliphatic hydroxyl groups excluding tert-OH is 1. The lowest BCUT2D eigenvalue weighted by atomic mass is 9.85. The number of hydrogen-bond acceptors (Lipinski definition) is 8. The molecule has 1 saturated carbocycles. The van der Waals surface area contributed by atoms with Gasteiger partial charge < -0.3 is 24.4 Å². The van der Waals surface area contributed by atoms with Gasteiger partial charge in [0.25, 0.3) is 0 Å². The molecule has 4 aromatic rings. The summed E-state index contributed by atoms with van der Waals surface area (Å²) in [5.41, 5.74) is 5.56. The Labute approximate surface area is 240 Å². The second-order valence-corrected chi connectivity index (χ2v) is 11.4. The first-order valence-electron chi connectivity index (χ1n) is 14.4. The van der Waals surface area contributed by atoms with Gasteiger partial charge in [0.1, 0.15) is 6.73 Å². The Morgan fingerprint density at radius 2 is 1.85 bits per heavy atom. The molecule has 11 nitrogen and oxygen atoms in total. The number of aliphatic hydroxyl groups is 1. The van der Waals surface area contributed by atoms with E-state index < -0.39 is 0 Å². The van der Waals surface area contributed by atoms with E-state index in [1.807, 2.05) is 31.5 Å². The molecule has 1 aromatic carbocycles. The van der Waals surface area contributed by atoms with Crippen molar-refractivity contribution in [3.05, 3.63) is 41.3 Å². The van der Waals surface area contributed by atoms with Gasteiger partial charge in [-0.15, -0.1) is 5.10 Å². The van der Waals surface area contributed by atoms with Crippen molar-refractivity contribution in [1.82, 2.24) is 39.1 Å². The van der Waals surface area contributed by atoms with Gasteiger partial charge in [0, 0.05) is 43.7 Å². The third-order valence-corrected chi connectivity index (χ3v) is 8.40. The van der Waals surface area contributed by atoms with E-state index in [2.05, 4.69) is 59.8 Å². The molecule has 11 heteroatoms. The Hall–Kier alpha value is -3.67. The molecule has 41 heavy (non-hydrogen) atoms. The van der Waals surface area contributed by atoms with Crippen molar-refractivity contribution < 1.29 is 14.6 Å². The fourth-order valence-corrected chi connectivity index (χ4v) is 5.77. The van der Waals surface area contributed by atoms with Crippen LogP contribution < -0.4 is 9.47 Å². The summed E-state index contributed by atoms with van der Waals surface area (Å²) in [5.74, 6) is 1.34. The SMILES string of the molecule is Cc1c2c(nn1C1CC(N(C)CCN(C)C)C1)OCCCOc1c(cnn1C)-c1ccc3c(c1)c(nn3CO)C=C2. The molecule has 2 bridgehead atoms. The molecule has 6 rings (SSSR count). The second-order valence-electron chi connectivity index (χ2n) is 11.4. The van der Waals surface area contributed by atoms with Gasteiger partial charge in [-0.3, -0.25) is 4.68 Å². The highest BCUT2D eigenvalue weighted by Crippen LogP contribution is 2.39. The van der Waals surface area contributed by atoms with Gasteiger partial charge in [-0.25, -0.2) is 9.36 Å². The molecular formula is C30H40N8O3. The van der Waals surface area contributed by atoms with E-state index in [4.69, 9.17) is 19.7 Å². The Balaban J connectivity index is 1.34. The number of fused-ring (bicyclic) bond motifs is 4. The molecule has 0 amide bonds. The summed E-state index contributed by atoms with van der Waals surface area (Å²) in [5, 5.41) is 25.0. The highest BCUT2D eigenvalue weighted by atomic mass is 16.5. The minimum absolute atomic E-state index is 0.206. The average Bonchev–Trinajstić information content (AvgIpc) is 3.57. The van der Waals surface area contributed by atoms with Crippen LogP contribution in [0.15, 0.2) is 24.4 Å². The number of ether oxygens (including phenoxy) is 2. The predicted octanol–water partition coefficient (Wildman–Crippen LogP) is 3.42. The Morgan fingerprint density at radius 3 is 2.63 bits per heavy atom. The zero-order valence-corrected chi connectivity index (χ0v) is 24.6. The molecule has 1 fully saturated rings. The van der Waals surface area contributed by atoms with Gasteiger partial charge in [-0.2, -0.15) is 10.2 Å². The first-order valence-corrected chi connectivity index (χ1v) is 14.4. The third kappa shape index (κ3) is 5.25. The van der Waals surface area contributed by atoms with E-state index in [1.54, 1.807) is 9.36 Å². The van der Waals surface area contributed by atoms with Gasteiger partial charge in [-0.05, 0) is 70.8 Å². The number of benzene rings is 1. The van der Waals surface area contributed by atoms with E-state index in [9.17, 15) is 5.11 Å².